The van der Waals surface area contributed by atoms with E-state index in [0.717, 1.165) is 12.8 Å². The van der Waals surface area contributed by atoms with Gasteiger partial charge in [0.05, 0.1) is 11.2 Å². The van der Waals surface area contributed by atoms with E-state index in [-0.39, 0.29) is 35.0 Å². The van der Waals surface area contributed by atoms with E-state index in [1.165, 1.54) is 16.7 Å². The summed E-state index contributed by atoms with van der Waals surface area (Å²) in [4.78, 5) is 26.4. The van der Waals surface area contributed by atoms with E-state index >= 15 is 0 Å². The van der Waals surface area contributed by atoms with Crippen LogP contribution in [0.3, 0.4) is 0 Å². The summed E-state index contributed by atoms with van der Waals surface area (Å²) in [5, 5.41) is 13.6. The lowest BCUT2D eigenvalue weighted by atomic mass is 9.98. The molecule has 0 bridgehead atoms. The van der Waals surface area contributed by atoms with Crippen LogP contribution < -0.4 is 15.2 Å². The topological polar surface area (TPSA) is 113 Å². The van der Waals surface area contributed by atoms with E-state index in [0.29, 0.717) is 47.1 Å². The molecule has 218 valence electrons. The SMILES string of the molecule is C[C@@H]1CN(c2cc(=O)n(C)c3ccc(C#N)nc23)[C@@H](C)CN1C(c1ccc(OC(F)(F)F)cc1)c1nc(C2CC2)no1. The van der Waals surface area contributed by atoms with Crippen LogP contribution in [0.5, 0.6) is 5.75 Å². The van der Waals surface area contributed by atoms with Gasteiger partial charge in [-0.25, -0.2) is 4.98 Å². The summed E-state index contributed by atoms with van der Waals surface area (Å²) in [5.74, 6) is 0.950. The number of nitriles is 1. The molecule has 0 N–H and O–H groups in total. The lowest BCUT2D eigenvalue weighted by molar-refractivity contribution is -0.274. The molecule has 4 aromatic rings. The van der Waals surface area contributed by atoms with Gasteiger partial charge in [0.2, 0.25) is 5.89 Å². The van der Waals surface area contributed by atoms with Crippen LogP contribution in [0.15, 0.2) is 51.8 Å². The molecule has 0 spiro atoms. The number of benzene rings is 1. The Balaban J connectivity index is 1.36. The normalized spacial score (nSPS) is 20.5. The number of halogens is 3. The highest BCUT2D eigenvalue weighted by atomic mass is 19.4. The van der Waals surface area contributed by atoms with E-state index in [9.17, 15) is 23.2 Å². The monoisotopic (exact) mass is 579 g/mol. The van der Waals surface area contributed by atoms with Gasteiger partial charge < -0.3 is 18.7 Å². The zero-order valence-corrected chi connectivity index (χ0v) is 23.2. The van der Waals surface area contributed by atoms with Gasteiger partial charge in [-0.2, -0.15) is 10.2 Å². The molecule has 0 radical (unpaired) electrons. The van der Waals surface area contributed by atoms with Crippen molar-refractivity contribution in [3.63, 3.8) is 0 Å². The largest absolute Gasteiger partial charge is 0.573 e. The van der Waals surface area contributed by atoms with E-state index in [1.807, 2.05) is 13.8 Å². The third-order valence-electron chi connectivity index (χ3n) is 7.92. The minimum absolute atomic E-state index is 0.119. The maximum atomic E-state index is 12.9. The van der Waals surface area contributed by atoms with Crippen LogP contribution in [0.4, 0.5) is 18.9 Å². The molecule has 3 atom stereocenters. The Morgan fingerprint density at radius 1 is 1.07 bits per heavy atom. The van der Waals surface area contributed by atoms with Crippen molar-refractivity contribution in [1.29, 1.82) is 5.26 Å². The molecule has 1 aromatic carbocycles. The van der Waals surface area contributed by atoms with Crippen LogP contribution in [-0.2, 0) is 7.05 Å². The summed E-state index contributed by atoms with van der Waals surface area (Å²) in [6.45, 7) is 5.05. The van der Waals surface area contributed by atoms with E-state index in [4.69, 9.17) is 9.51 Å². The van der Waals surface area contributed by atoms with E-state index in [2.05, 4.69) is 30.7 Å². The highest BCUT2D eigenvalue weighted by Crippen LogP contribution is 2.41. The van der Waals surface area contributed by atoms with Crippen LogP contribution in [0, 0.1) is 11.3 Å². The Labute approximate surface area is 238 Å². The summed E-state index contributed by atoms with van der Waals surface area (Å²) >= 11 is 0. The number of aryl methyl sites for hydroxylation is 1. The summed E-state index contributed by atoms with van der Waals surface area (Å²) in [7, 11) is 1.67. The summed E-state index contributed by atoms with van der Waals surface area (Å²) < 4.78 is 49.7. The van der Waals surface area contributed by atoms with Crippen molar-refractivity contribution < 1.29 is 22.4 Å². The number of anilines is 1. The first kappa shape index (κ1) is 27.7. The van der Waals surface area contributed by atoms with Crippen LogP contribution in [-0.4, -0.2) is 56.1 Å². The maximum absolute atomic E-state index is 12.9. The highest BCUT2D eigenvalue weighted by Gasteiger charge is 2.40. The molecule has 1 aliphatic heterocycles. The average molecular weight is 580 g/mol. The maximum Gasteiger partial charge on any atom is 0.573 e. The van der Waals surface area contributed by atoms with Gasteiger partial charge in [0.25, 0.3) is 5.56 Å². The highest BCUT2D eigenvalue weighted by molar-refractivity contribution is 5.89. The Morgan fingerprint density at radius 3 is 2.48 bits per heavy atom. The number of piperazine rings is 1. The van der Waals surface area contributed by atoms with Gasteiger partial charge in [0.15, 0.2) is 5.82 Å². The van der Waals surface area contributed by atoms with Crippen molar-refractivity contribution in [3.8, 4) is 11.8 Å². The van der Waals surface area contributed by atoms with Crippen LogP contribution >= 0.6 is 0 Å². The zero-order valence-electron chi connectivity index (χ0n) is 23.2. The first-order valence-electron chi connectivity index (χ1n) is 13.6. The fourth-order valence-corrected chi connectivity index (χ4v) is 5.64. The molecule has 6 rings (SSSR count). The molecular formula is C29H28F3N7O3. The molecule has 4 heterocycles. The third-order valence-corrected chi connectivity index (χ3v) is 7.92. The molecule has 42 heavy (non-hydrogen) atoms. The van der Waals surface area contributed by atoms with Crippen molar-refractivity contribution >= 4 is 16.7 Å². The number of aromatic nitrogens is 4. The number of nitrogens with zero attached hydrogens (tertiary/aromatic N) is 7. The van der Waals surface area contributed by atoms with Crippen molar-refractivity contribution in [1.82, 2.24) is 24.6 Å². The fraction of sp³-hybridized carbons (Fsp3) is 0.414. The number of alkyl halides is 3. The molecule has 1 saturated heterocycles. The smallest absolute Gasteiger partial charge is 0.406 e. The van der Waals surface area contributed by atoms with E-state index in [1.54, 1.807) is 37.4 Å². The first-order valence-corrected chi connectivity index (χ1v) is 13.6. The molecule has 2 fully saturated rings. The summed E-state index contributed by atoms with van der Waals surface area (Å²) in [6.07, 6.45) is -2.81. The van der Waals surface area contributed by atoms with Crippen molar-refractivity contribution in [3.05, 3.63) is 75.8 Å². The molecule has 2 aliphatic rings. The van der Waals surface area contributed by atoms with Gasteiger partial charge in [-0.05, 0) is 56.5 Å². The minimum atomic E-state index is -4.79. The summed E-state index contributed by atoms with van der Waals surface area (Å²) in [6, 6.07) is 11.9. The Kier molecular flexibility index (Phi) is 6.89. The molecule has 13 heteroatoms. The van der Waals surface area contributed by atoms with Gasteiger partial charge in [0, 0.05) is 44.2 Å². The number of pyridine rings is 2. The summed E-state index contributed by atoms with van der Waals surface area (Å²) in [5.41, 5.74) is 2.57. The van der Waals surface area contributed by atoms with Crippen LogP contribution in [0.2, 0.25) is 0 Å². The Hall–Kier alpha value is -4.44. The average Bonchev–Trinajstić information content (AvgIpc) is 3.69. The van der Waals surface area contributed by atoms with Gasteiger partial charge in [-0.15, -0.1) is 13.2 Å². The van der Waals surface area contributed by atoms with Crippen molar-refractivity contribution in [2.75, 3.05) is 18.0 Å². The first-order chi connectivity index (χ1) is 20.0. The third kappa shape index (κ3) is 5.30. The quantitative estimate of drug-likeness (QED) is 0.322. The Bertz CT molecular complexity index is 1720. The molecule has 1 aliphatic carbocycles. The fourth-order valence-electron chi connectivity index (χ4n) is 5.64. The lowest BCUT2D eigenvalue weighted by Gasteiger charge is -2.47. The zero-order chi connectivity index (χ0) is 29.8. The molecule has 1 unspecified atom stereocenters. The van der Waals surface area contributed by atoms with E-state index < -0.39 is 12.4 Å². The number of rotatable bonds is 6. The van der Waals surface area contributed by atoms with Gasteiger partial charge in [0.1, 0.15) is 29.1 Å². The molecular weight excluding hydrogens is 551 g/mol. The number of hydrogen-bond donors (Lipinski definition) is 0. The molecule has 3 aromatic heterocycles. The second kappa shape index (κ2) is 10.4. The lowest BCUT2D eigenvalue weighted by Crippen LogP contribution is -2.57. The predicted octanol–water partition coefficient (Wildman–Crippen LogP) is 4.65. The van der Waals surface area contributed by atoms with Gasteiger partial charge in [-0.1, -0.05) is 17.3 Å². The Morgan fingerprint density at radius 2 is 1.81 bits per heavy atom. The number of fused-ring (bicyclic) bond motifs is 1. The number of ether oxygens (including phenoxy) is 1. The van der Waals surface area contributed by atoms with Gasteiger partial charge >= 0.3 is 6.36 Å². The molecule has 0 amide bonds. The van der Waals surface area contributed by atoms with Crippen LogP contribution in [0.25, 0.3) is 11.0 Å². The van der Waals surface area contributed by atoms with Crippen molar-refractivity contribution in [2.24, 2.45) is 7.05 Å². The van der Waals surface area contributed by atoms with Crippen molar-refractivity contribution in [2.45, 2.75) is 57.1 Å². The molecule has 10 nitrogen and oxygen atoms in total. The number of hydrogen-bond acceptors (Lipinski definition) is 9. The second-order valence-electron chi connectivity index (χ2n) is 10.9. The van der Waals surface area contributed by atoms with Crippen LogP contribution in [0.1, 0.15) is 61.6 Å². The minimum Gasteiger partial charge on any atom is -0.406 e. The molecule has 1 saturated carbocycles. The predicted molar refractivity (Wildman–Crippen MR) is 146 cm³/mol. The second-order valence-corrected chi connectivity index (χ2v) is 10.9. The standard InChI is InChI=1S/C29H28F3N7O3/c1-16-15-39(17(2)14-38(16)23-12-24(40)37(3)22-11-8-20(13-33)34-25(22)23)26(28-35-27(36-42-28)19-4-5-19)18-6-9-21(10-7-18)41-29(30,31)32/h6-12,16-17,19,26H,4-5,14-15H2,1-3H3/t16-,17+,26?/m0/s1. The van der Waals surface area contributed by atoms with Gasteiger partial charge in [-0.3, -0.25) is 9.69 Å².